The first-order valence-corrected chi connectivity index (χ1v) is 3.13. The van der Waals surface area contributed by atoms with E-state index in [1.54, 1.807) is 18.6 Å². The minimum Gasteiger partial charge on any atom is -0.472 e. The van der Waals surface area contributed by atoms with Gasteiger partial charge >= 0.3 is 0 Å². The van der Waals surface area contributed by atoms with Crippen LogP contribution in [0.25, 0.3) is 0 Å². The Labute approximate surface area is 60.1 Å². The molecule has 2 heteroatoms. The van der Waals surface area contributed by atoms with Crippen LogP contribution in [0.2, 0.25) is 0 Å². The SMILES string of the molecule is C=CCOCc1ccoc1. The maximum Gasteiger partial charge on any atom is 0.0957 e. The molecule has 0 fully saturated rings. The van der Waals surface area contributed by atoms with Gasteiger partial charge in [-0.15, -0.1) is 6.58 Å². The Morgan fingerprint density at radius 2 is 2.60 bits per heavy atom. The van der Waals surface area contributed by atoms with Crippen molar-refractivity contribution in [3.63, 3.8) is 0 Å². The van der Waals surface area contributed by atoms with Crippen molar-refractivity contribution in [2.45, 2.75) is 6.61 Å². The first kappa shape index (κ1) is 7.09. The Bertz CT molecular complexity index is 177. The molecule has 0 saturated carbocycles. The van der Waals surface area contributed by atoms with Crippen LogP contribution in [0.3, 0.4) is 0 Å². The molecule has 10 heavy (non-hydrogen) atoms. The molecule has 0 atom stereocenters. The van der Waals surface area contributed by atoms with Gasteiger partial charge in [-0.05, 0) is 6.07 Å². The molecule has 0 bridgehead atoms. The van der Waals surface area contributed by atoms with Gasteiger partial charge < -0.3 is 9.15 Å². The first-order valence-electron chi connectivity index (χ1n) is 3.13. The molecule has 1 rings (SSSR count). The second-order valence-corrected chi connectivity index (χ2v) is 1.94. The van der Waals surface area contributed by atoms with Gasteiger partial charge in [0.1, 0.15) is 0 Å². The smallest absolute Gasteiger partial charge is 0.0957 e. The van der Waals surface area contributed by atoms with Crippen molar-refractivity contribution in [3.05, 3.63) is 36.8 Å². The molecule has 54 valence electrons. The predicted molar refractivity (Wildman–Crippen MR) is 38.6 cm³/mol. The lowest BCUT2D eigenvalue weighted by Crippen LogP contribution is -1.89. The topological polar surface area (TPSA) is 22.4 Å². The first-order chi connectivity index (χ1) is 4.93. The van der Waals surface area contributed by atoms with Crippen LogP contribution in [-0.4, -0.2) is 6.61 Å². The molecule has 0 spiro atoms. The van der Waals surface area contributed by atoms with E-state index in [-0.39, 0.29) is 0 Å². The van der Waals surface area contributed by atoms with E-state index in [0.29, 0.717) is 13.2 Å². The number of rotatable bonds is 4. The van der Waals surface area contributed by atoms with Gasteiger partial charge in [-0.2, -0.15) is 0 Å². The maximum atomic E-state index is 5.15. The van der Waals surface area contributed by atoms with E-state index in [2.05, 4.69) is 6.58 Å². The summed E-state index contributed by atoms with van der Waals surface area (Å²) < 4.78 is 9.99. The summed E-state index contributed by atoms with van der Waals surface area (Å²) in [6, 6.07) is 1.88. The Hall–Kier alpha value is -1.02. The zero-order valence-corrected chi connectivity index (χ0v) is 5.75. The molecule has 0 aliphatic carbocycles. The van der Waals surface area contributed by atoms with Crippen LogP contribution in [0.1, 0.15) is 5.56 Å². The summed E-state index contributed by atoms with van der Waals surface area (Å²) in [5.41, 5.74) is 1.06. The second-order valence-electron chi connectivity index (χ2n) is 1.94. The molecule has 0 aliphatic heterocycles. The van der Waals surface area contributed by atoms with Crippen LogP contribution in [0.5, 0.6) is 0 Å². The summed E-state index contributed by atoms with van der Waals surface area (Å²) in [5.74, 6) is 0. The Morgan fingerprint density at radius 3 is 3.20 bits per heavy atom. The lowest BCUT2D eigenvalue weighted by Gasteiger charge is -1.94. The fraction of sp³-hybridized carbons (Fsp3) is 0.250. The molecular formula is C8H10O2. The Morgan fingerprint density at radius 1 is 1.70 bits per heavy atom. The minimum atomic E-state index is 0.588. The number of hydrogen-bond donors (Lipinski definition) is 0. The molecule has 0 N–H and O–H groups in total. The summed E-state index contributed by atoms with van der Waals surface area (Å²) in [5, 5.41) is 0. The van der Waals surface area contributed by atoms with E-state index in [1.807, 2.05) is 6.07 Å². The quantitative estimate of drug-likeness (QED) is 0.469. The van der Waals surface area contributed by atoms with E-state index in [1.165, 1.54) is 0 Å². The van der Waals surface area contributed by atoms with E-state index < -0.39 is 0 Å². The zero-order valence-electron chi connectivity index (χ0n) is 5.75. The largest absolute Gasteiger partial charge is 0.472 e. The van der Waals surface area contributed by atoms with Gasteiger partial charge in [0.05, 0.1) is 25.7 Å². The fourth-order valence-corrected chi connectivity index (χ4v) is 0.635. The van der Waals surface area contributed by atoms with Gasteiger partial charge in [0.25, 0.3) is 0 Å². The normalized spacial score (nSPS) is 9.60. The van der Waals surface area contributed by atoms with E-state index in [0.717, 1.165) is 5.56 Å². The molecule has 2 nitrogen and oxygen atoms in total. The molecular weight excluding hydrogens is 128 g/mol. The van der Waals surface area contributed by atoms with Crippen molar-refractivity contribution in [3.8, 4) is 0 Å². The standard InChI is InChI=1S/C8H10O2/c1-2-4-9-6-8-3-5-10-7-8/h2-3,5,7H,1,4,6H2. The van der Waals surface area contributed by atoms with Crippen molar-refractivity contribution in [2.75, 3.05) is 6.61 Å². The predicted octanol–water partition coefficient (Wildman–Crippen LogP) is 1.98. The minimum absolute atomic E-state index is 0.588. The van der Waals surface area contributed by atoms with Gasteiger partial charge in [-0.25, -0.2) is 0 Å². The zero-order chi connectivity index (χ0) is 7.23. The molecule has 0 aliphatic rings. The van der Waals surface area contributed by atoms with Crippen molar-refractivity contribution >= 4 is 0 Å². The third-order valence-electron chi connectivity index (χ3n) is 1.08. The van der Waals surface area contributed by atoms with Crippen LogP contribution >= 0.6 is 0 Å². The summed E-state index contributed by atoms with van der Waals surface area (Å²) in [6.07, 6.45) is 5.02. The molecule has 1 aromatic rings. The lowest BCUT2D eigenvalue weighted by molar-refractivity contribution is 0.148. The third-order valence-corrected chi connectivity index (χ3v) is 1.08. The third kappa shape index (κ3) is 2.07. The van der Waals surface area contributed by atoms with Gasteiger partial charge in [0.15, 0.2) is 0 Å². The summed E-state index contributed by atoms with van der Waals surface area (Å²) in [7, 11) is 0. The molecule has 1 aromatic heterocycles. The van der Waals surface area contributed by atoms with Crippen molar-refractivity contribution in [2.24, 2.45) is 0 Å². The van der Waals surface area contributed by atoms with E-state index in [4.69, 9.17) is 9.15 Å². The second kappa shape index (κ2) is 3.90. The summed E-state index contributed by atoms with van der Waals surface area (Å²) in [4.78, 5) is 0. The van der Waals surface area contributed by atoms with Crippen molar-refractivity contribution in [1.29, 1.82) is 0 Å². The molecule has 0 unspecified atom stereocenters. The summed E-state index contributed by atoms with van der Waals surface area (Å²) in [6.45, 7) is 4.72. The monoisotopic (exact) mass is 138 g/mol. The van der Waals surface area contributed by atoms with Gasteiger partial charge in [-0.1, -0.05) is 6.08 Å². The van der Waals surface area contributed by atoms with Crippen molar-refractivity contribution in [1.82, 2.24) is 0 Å². The molecule has 0 radical (unpaired) electrons. The average molecular weight is 138 g/mol. The number of furan rings is 1. The molecule has 0 aromatic carbocycles. The van der Waals surface area contributed by atoms with Crippen LogP contribution in [0.15, 0.2) is 35.7 Å². The maximum absolute atomic E-state index is 5.15. The fourth-order valence-electron chi connectivity index (χ4n) is 0.635. The van der Waals surface area contributed by atoms with Gasteiger partial charge in [0, 0.05) is 5.56 Å². The highest BCUT2D eigenvalue weighted by atomic mass is 16.5. The molecule has 1 heterocycles. The summed E-state index contributed by atoms with van der Waals surface area (Å²) >= 11 is 0. The highest BCUT2D eigenvalue weighted by Gasteiger charge is 1.90. The van der Waals surface area contributed by atoms with Crippen molar-refractivity contribution < 1.29 is 9.15 Å². The number of ether oxygens (including phenoxy) is 1. The van der Waals surface area contributed by atoms with Crippen LogP contribution in [-0.2, 0) is 11.3 Å². The average Bonchev–Trinajstić information content (AvgIpc) is 2.41. The lowest BCUT2D eigenvalue weighted by atomic mass is 10.4. The van der Waals surface area contributed by atoms with Gasteiger partial charge in [0.2, 0.25) is 0 Å². The van der Waals surface area contributed by atoms with Crippen LogP contribution < -0.4 is 0 Å². The Kier molecular flexibility index (Phi) is 2.77. The highest BCUT2D eigenvalue weighted by Crippen LogP contribution is 2.00. The van der Waals surface area contributed by atoms with Crippen LogP contribution in [0.4, 0.5) is 0 Å². The van der Waals surface area contributed by atoms with Crippen LogP contribution in [0, 0.1) is 0 Å². The number of hydrogen-bond acceptors (Lipinski definition) is 2. The van der Waals surface area contributed by atoms with E-state index >= 15 is 0 Å². The van der Waals surface area contributed by atoms with E-state index in [9.17, 15) is 0 Å². The highest BCUT2D eigenvalue weighted by molar-refractivity contribution is 5.03. The Balaban J connectivity index is 2.21. The molecule has 0 saturated heterocycles. The molecule has 0 amide bonds. The van der Waals surface area contributed by atoms with Gasteiger partial charge in [-0.3, -0.25) is 0 Å².